The minimum absolute atomic E-state index is 0.0154. The molecule has 1 fully saturated rings. The first-order chi connectivity index (χ1) is 21.4. The maximum Gasteiger partial charge on any atom is 0.337 e. The summed E-state index contributed by atoms with van der Waals surface area (Å²) in [6, 6.07) is 22.2. The van der Waals surface area contributed by atoms with Crippen LogP contribution in [0.1, 0.15) is 58.3 Å². The molecule has 0 saturated carbocycles. The van der Waals surface area contributed by atoms with Crippen LogP contribution in [0.15, 0.2) is 89.4 Å². The third-order valence-electron chi connectivity index (χ3n) is 8.41. The van der Waals surface area contributed by atoms with Gasteiger partial charge in [0.15, 0.2) is 5.76 Å². The topological polar surface area (TPSA) is 123 Å². The Morgan fingerprint density at radius 3 is 2.39 bits per heavy atom. The molecule has 10 nitrogen and oxygen atoms in total. The number of carbonyl (C=O) groups is 2. The summed E-state index contributed by atoms with van der Waals surface area (Å²) in [6.07, 6.45) is 2.92. The lowest BCUT2D eigenvalue weighted by Crippen LogP contribution is -2.42. The molecule has 3 aromatic carbocycles. The zero-order chi connectivity index (χ0) is 30.6. The van der Waals surface area contributed by atoms with Gasteiger partial charge in [-0.3, -0.25) is 9.36 Å². The Balaban J connectivity index is 1.18. The van der Waals surface area contributed by atoms with Crippen LogP contribution in [-0.2, 0) is 32.2 Å². The van der Waals surface area contributed by atoms with Gasteiger partial charge in [-0.15, -0.1) is 0 Å². The van der Waals surface area contributed by atoms with Gasteiger partial charge in [0.2, 0.25) is 6.29 Å². The van der Waals surface area contributed by atoms with E-state index in [4.69, 9.17) is 14.2 Å². The van der Waals surface area contributed by atoms with Crippen LogP contribution in [0, 0.1) is 0 Å². The quantitative estimate of drug-likeness (QED) is 0.289. The van der Waals surface area contributed by atoms with Gasteiger partial charge in [-0.2, -0.15) is 0 Å². The second-order valence-corrected chi connectivity index (χ2v) is 11.2. The SMILES string of the molecule is COC(=O)c1ccc(C2C=C(C(=O)N3CCC(n4c(=O)[nH]c5ccccc54)CC3)OC(OCc3ccc(CO)cc3)C2)cc1. The van der Waals surface area contributed by atoms with Gasteiger partial charge in [-0.05, 0) is 59.9 Å². The number of H-pyrrole nitrogens is 1. The molecule has 44 heavy (non-hydrogen) atoms. The molecule has 2 N–H and O–H groups in total. The van der Waals surface area contributed by atoms with Crippen molar-refractivity contribution in [2.45, 2.75) is 50.7 Å². The highest BCUT2D eigenvalue weighted by molar-refractivity contribution is 5.92. The number of aliphatic hydroxyl groups excluding tert-OH is 1. The number of fused-ring (bicyclic) bond motifs is 1. The Kier molecular flexibility index (Phi) is 8.63. The molecular weight excluding hydrogens is 562 g/mol. The first-order valence-electron chi connectivity index (χ1n) is 14.8. The van der Waals surface area contributed by atoms with E-state index in [1.54, 1.807) is 21.6 Å². The Morgan fingerprint density at radius 2 is 1.68 bits per heavy atom. The summed E-state index contributed by atoms with van der Waals surface area (Å²) >= 11 is 0. The zero-order valence-electron chi connectivity index (χ0n) is 24.5. The maximum absolute atomic E-state index is 13.8. The van der Waals surface area contributed by atoms with E-state index in [2.05, 4.69) is 4.98 Å². The van der Waals surface area contributed by atoms with Gasteiger partial charge in [0, 0.05) is 31.5 Å². The molecule has 4 aromatic rings. The second kappa shape index (κ2) is 12.9. The van der Waals surface area contributed by atoms with Crippen molar-refractivity contribution in [1.29, 1.82) is 0 Å². The number of methoxy groups -OCH3 is 1. The van der Waals surface area contributed by atoms with E-state index in [0.717, 1.165) is 27.7 Å². The van der Waals surface area contributed by atoms with Crippen molar-refractivity contribution in [2.24, 2.45) is 0 Å². The van der Waals surface area contributed by atoms with E-state index in [-0.39, 0.29) is 42.5 Å². The van der Waals surface area contributed by atoms with Crippen molar-refractivity contribution in [3.05, 3.63) is 117 Å². The fourth-order valence-electron chi connectivity index (χ4n) is 5.98. The number of hydrogen-bond donors (Lipinski definition) is 2. The number of rotatable bonds is 8. The minimum Gasteiger partial charge on any atom is -0.465 e. The number of aromatic nitrogens is 2. The van der Waals surface area contributed by atoms with E-state index in [0.29, 0.717) is 37.9 Å². The number of carbonyl (C=O) groups excluding carboxylic acids is 2. The molecule has 3 heterocycles. The average molecular weight is 598 g/mol. The van der Waals surface area contributed by atoms with Crippen LogP contribution < -0.4 is 5.69 Å². The van der Waals surface area contributed by atoms with Gasteiger partial charge in [0.1, 0.15) is 0 Å². The Morgan fingerprint density at radius 1 is 0.977 bits per heavy atom. The monoisotopic (exact) mass is 597 g/mol. The van der Waals surface area contributed by atoms with Crippen LogP contribution in [-0.4, -0.2) is 57.9 Å². The number of aliphatic hydroxyl groups is 1. The number of para-hydroxylation sites is 2. The van der Waals surface area contributed by atoms with Crippen molar-refractivity contribution >= 4 is 22.9 Å². The molecule has 2 unspecified atom stereocenters. The standard InChI is InChI=1S/C34H35N3O7/c1-42-33(40)25-12-10-24(11-13-25)26-18-30(44-31(19-26)43-21-23-8-6-22(20-38)7-9-23)32(39)36-16-14-27(15-17-36)37-29-5-3-2-4-28(29)35-34(37)41/h2-13,18,26-27,31,38H,14-17,19-21H2,1H3,(H,35,41). The zero-order valence-corrected chi connectivity index (χ0v) is 24.5. The molecule has 2 aliphatic heterocycles. The number of amides is 1. The third-order valence-corrected chi connectivity index (χ3v) is 8.41. The summed E-state index contributed by atoms with van der Waals surface area (Å²) in [5.74, 6) is -0.590. The summed E-state index contributed by atoms with van der Waals surface area (Å²) in [4.78, 5) is 43.2. The van der Waals surface area contributed by atoms with Gasteiger partial charge < -0.3 is 29.2 Å². The number of ether oxygens (including phenoxy) is 3. The van der Waals surface area contributed by atoms with Gasteiger partial charge in [-0.25, -0.2) is 9.59 Å². The Hall–Kier alpha value is -4.67. The molecule has 2 atom stereocenters. The molecule has 1 saturated heterocycles. The van der Waals surface area contributed by atoms with Gasteiger partial charge in [0.25, 0.3) is 5.91 Å². The summed E-state index contributed by atoms with van der Waals surface area (Å²) < 4.78 is 18.9. The highest BCUT2D eigenvalue weighted by atomic mass is 16.7. The molecule has 0 radical (unpaired) electrons. The summed E-state index contributed by atoms with van der Waals surface area (Å²) in [6.45, 7) is 1.21. The second-order valence-electron chi connectivity index (χ2n) is 11.2. The Bertz CT molecular complexity index is 1710. The van der Waals surface area contributed by atoms with Gasteiger partial charge in [-0.1, -0.05) is 48.5 Å². The lowest BCUT2D eigenvalue weighted by Gasteiger charge is -2.35. The fourth-order valence-corrected chi connectivity index (χ4v) is 5.98. The minimum atomic E-state index is -0.677. The van der Waals surface area contributed by atoms with Crippen LogP contribution in [0.2, 0.25) is 0 Å². The fraction of sp³-hybridized carbons (Fsp3) is 0.324. The lowest BCUT2D eigenvalue weighted by molar-refractivity contribution is -0.156. The van der Waals surface area contributed by atoms with Crippen molar-refractivity contribution in [3.8, 4) is 0 Å². The molecule has 228 valence electrons. The van der Waals surface area contributed by atoms with E-state index >= 15 is 0 Å². The summed E-state index contributed by atoms with van der Waals surface area (Å²) in [5, 5.41) is 9.33. The number of likely N-dealkylation sites (tertiary alicyclic amines) is 1. The van der Waals surface area contributed by atoms with Crippen molar-refractivity contribution < 1.29 is 28.9 Å². The number of aromatic amines is 1. The van der Waals surface area contributed by atoms with E-state index in [9.17, 15) is 19.5 Å². The van der Waals surface area contributed by atoms with E-state index in [1.807, 2.05) is 66.7 Å². The molecule has 6 rings (SSSR count). The number of nitrogens with zero attached hydrogens (tertiary/aromatic N) is 2. The number of piperidine rings is 1. The van der Waals surface area contributed by atoms with Crippen LogP contribution >= 0.6 is 0 Å². The third kappa shape index (κ3) is 6.17. The number of benzene rings is 3. The normalized spacial score (nSPS) is 19.0. The van der Waals surface area contributed by atoms with Crippen LogP contribution in [0.3, 0.4) is 0 Å². The number of hydrogen-bond acceptors (Lipinski definition) is 7. The first-order valence-corrected chi connectivity index (χ1v) is 14.8. The Labute approximate surface area is 254 Å². The largest absolute Gasteiger partial charge is 0.465 e. The van der Waals surface area contributed by atoms with Crippen LogP contribution in [0.4, 0.5) is 0 Å². The molecule has 0 aliphatic carbocycles. The highest BCUT2D eigenvalue weighted by Crippen LogP contribution is 2.34. The van der Waals surface area contributed by atoms with E-state index < -0.39 is 12.3 Å². The first kappa shape index (κ1) is 29.4. The molecule has 0 spiro atoms. The average Bonchev–Trinajstić information content (AvgIpc) is 3.42. The van der Waals surface area contributed by atoms with Gasteiger partial charge in [0.05, 0.1) is 36.9 Å². The predicted molar refractivity (Wildman–Crippen MR) is 163 cm³/mol. The number of nitrogens with one attached hydrogen (secondary N) is 1. The summed E-state index contributed by atoms with van der Waals surface area (Å²) in [5.41, 5.74) is 4.63. The predicted octanol–water partition coefficient (Wildman–Crippen LogP) is 4.40. The molecule has 1 aromatic heterocycles. The lowest BCUT2D eigenvalue weighted by atomic mass is 9.92. The maximum atomic E-state index is 13.8. The van der Waals surface area contributed by atoms with Gasteiger partial charge >= 0.3 is 11.7 Å². The van der Waals surface area contributed by atoms with Crippen molar-refractivity contribution in [2.75, 3.05) is 20.2 Å². The molecule has 2 aliphatic rings. The molecule has 1 amide bonds. The molecule has 0 bridgehead atoms. The highest BCUT2D eigenvalue weighted by Gasteiger charge is 2.33. The van der Waals surface area contributed by atoms with Crippen LogP contribution in [0.25, 0.3) is 11.0 Å². The summed E-state index contributed by atoms with van der Waals surface area (Å²) in [7, 11) is 1.34. The van der Waals surface area contributed by atoms with Crippen molar-refractivity contribution in [1.82, 2.24) is 14.5 Å². The van der Waals surface area contributed by atoms with E-state index in [1.165, 1.54) is 7.11 Å². The number of imidazole rings is 1. The van der Waals surface area contributed by atoms with Crippen LogP contribution in [0.5, 0.6) is 0 Å². The smallest absolute Gasteiger partial charge is 0.337 e. The number of allylic oxidation sites excluding steroid dienone is 1. The van der Waals surface area contributed by atoms with Crippen molar-refractivity contribution in [3.63, 3.8) is 0 Å². The molecular formula is C34H35N3O7. The molecule has 10 heteroatoms. The number of esters is 1.